The monoisotopic (exact) mass is 2060 g/mol. The van der Waals surface area contributed by atoms with E-state index in [4.69, 9.17) is 35.6 Å². The van der Waals surface area contributed by atoms with Gasteiger partial charge in [0.1, 0.15) is 36.5 Å². The zero-order chi connectivity index (χ0) is 117. The van der Waals surface area contributed by atoms with Crippen molar-refractivity contribution in [2.75, 3.05) is 53.7 Å². The number of carboxylic acid groups (broad SMARTS) is 3. The first-order valence-electron chi connectivity index (χ1n) is 40.1. The first kappa shape index (κ1) is 185. The number of carbonyl (C=O) groups excluding carboxylic acids is 8. The van der Waals surface area contributed by atoms with E-state index in [0.29, 0.717) is 37.7 Å². The Balaban J connectivity index is -0.000000133. The molecule has 4 atom stereocenters. The number of alkyl carbamates (subject to hydrolysis) is 1. The number of aliphatic carboxylic acids is 3. The summed E-state index contributed by atoms with van der Waals surface area (Å²) in [5.41, 5.74) is 4.24. The Labute approximate surface area is 846 Å². The number of imide groups is 1. The summed E-state index contributed by atoms with van der Waals surface area (Å²) in [4.78, 5) is 160. The lowest BCUT2D eigenvalue weighted by Crippen LogP contribution is -2.45. The first-order chi connectivity index (χ1) is 69.8. The number of nitrogens with one attached hydrogen (secondary N) is 3. The SMILES string of the molecule is C=C.C=C.C=C.C=C.C=C.C=C.C=C.C=C.C=C.C=C.C=C.C=C.C=C.C=C.C=C.C=C.C=C.C=C.C=C.C=C.C=C.C=C.C=C.C=C.COOOOOOOOOOOOOCC(COOOOOOOOOOOOOC)(COC(=O)NCCC(=O)O)CC(=O)CCC(=O)C(CC(=O)C1CCC(CN2C(=O)CC(C(CCC(=O)NCC(=O)O)NC(=O)CCCCC(N)C(=O)O)C2=O)CC1)Cc1ccccc1. The van der Waals surface area contributed by atoms with E-state index < -0.39 is 153 Å². The maximum atomic E-state index is 14.2. The molecule has 8 N–H and O–H groups in total. The maximum Gasteiger partial charge on any atom is 0.407 e. The highest BCUT2D eigenvalue weighted by atomic mass is 18.0. The van der Waals surface area contributed by atoms with E-state index in [-0.39, 0.29) is 69.6 Å². The van der Waals surface area contributed by atoms with E-state index in [2.05, 4.69) is 452 Å². The molecule has 5 amide bonds. The lowest BCUT2D eigenvalue weighted by atomic mass is 9.76. The van der Waals surface area contributed by atoms with Gasteiger partial charge in [-0.05, 0) is 174 Å². The van der Waals surface area contributed by atoms with Crippen LogP contribution in [0.15, 0.2) is 346 Å². The molecule has 0 bridgehead atoms. The number of benzene rings is 1. The number of unbranched alkanes of at least 4 members (excludes halogenated alkanes) is 1. The highest BCUT2D eigenvalue weighted by molar-refractivity contribution is 6.04. The van der Waals surface area contributed by atoms with Crippen molar-refractivity contribution in [1.82, 2.24) is 20.9 Å². The molecule has 1 saturated heterocycles. The van der Waals surface area contributed by atoms with Crippen molar-refractivity contribution in [1.29, 1.82) is 0 Å². The topological polar surface area (TPSA) is 563 Å². The molecule has 46 nitrogen and oxygen atoms in total. The fourth-order valence-corrected chi connectivity index (χ4v) is 9.11. The highest BCUT2D eigenvalue weighted by Gasteiger charge is 2.45. The summed E-state index contributed by atoms with van der Waals surface area (Å²) in [6.45, 7) is 140. The molecule has 2 aliphatic rings. The second-order valence-corrected chi connectivity index (χ2v) is 20.2. The smallest absolute Gasteiger partial charge is 0.407 e. The van der Waals surface area contributed by atoms with Gasteiger partial charge in [0.05, 0.1) is 45.2 Å². The van der Waals surface area contributed by atoms with Crippen molar-refractivity contribution < 1.29 is 203 Å². The van der Waals surface area contributed by atoms with E-state index in [0.717, 1.165) is 19.1 Å². The number of amides is 5. The van der Waals surface area contributed by atoms with Gasteiger partial charge in [-0.25, -0.2) is 24.3 Å². The number of carboxylic acids is 3. The van der Waals surface area contributed by atoms with Crippen LogP contribution in [-0.4, -0.2) is 151 Å². The maximum absolute atomic E-state index is 14.2. The quantitative estimate of drug-likeness (QED) is 0.0105. The van der Waals surface area contributed by atoms with E-state index in [9.17, 15) is 52.7 Å². The van der Waals surface area contributed by atoms with Gasteiger partial charge < -0.3 is 41.7 Å². The van der Waals surface area contributed by atoms with Crippen molar-refractivity contribution in [3.8, 4) is 0 Å². The number of nitrogens with zero attached hydrogens (tertiary/aromatic N) is 1. The predicted molar refractivity (Wildman–Crippen MR) is 547 cm³/mol. The summed E-state index contributed by atoms with van der Waals surface area (Å²) >= 11 is 0. The zero-order valence-electron chi connectivity index (χ0n) is 84.4. The number of carbonyl (C=O) groups is 11. The van der Waals surface area contributed by atoms with E-state index in [1.807, 2.05) is 0 Å². The molecular weight excluding hydrogens is 1890 g/mol. The van der Waals surface area contributed by atoms with E-state index in [1.54, 1.807) is 30.3 Å². The van der Waals surface area contributed by atoms with Gasteiger partial charge in [-0.15, -0.1) is 316 Å². The number of rotatable bonds is 59. The van der Waals surface area contributed by atoms with Crippen LogP contribution in [0.1, 0.15) is 108 Å². The summed E-state index contributed by atoms with van der Waals surface area (Å²) in [6.07, 6.45) is -2.45. The number of Topliss-reactive ketones (excluding diaryl/α,β-unsaturated/α-hetero) is 3. The van der Waals surface area contributed by atoms with Gasteiger partial charge in [-0.3, -0.25) is 52.8 Å². The average molecular weight is 2060 g/mol. The van der Waals surface area contributed by atoms with Crippen LogP contribution in [-0.2, 0) is 189 Å². The van der Waals surface area contributed by atoms with Crippen LogP contribution in [0.3, 0.4) is 0 Å². The normalized spacial score (nSPS) is 11.7. The molecule has 0 spiro atoms. The molecule has 2 fully saturated rings. The molecule has 1 aliphatic heterocycles. The minimum Gasteiger partial charge on any atom is -0.481 e. The number of ketones is 3. The lowest BCUT2D eigenvalue weighted by molar-refractivity contribution is -0.870. The molecule has 826 valence electrons. The standard InChI is InChI=1S/C49H71N5O41.24C2H4/c1-69-74-78-82-86-90-94-92-88-84-80-76-72-29-49(28-71-48(68)51-21-20-44(61)62,30-73-77-81-85-89-93-95-91-87-83-79-75-70-2)25-35(55)16-18-39(56)34(22-31-8-4-3-5-9-31)23-40(57)33-14-12-32(13-15-33)27-54-43(60)24-36(46(54)65)38(17-19-41(58)52-26-45(63)64)53-42(59)11-7-6-10-37(50)47(66)67;24*1-2/h3-5,8-9,32-34,36-38H,6-7,10-30,50H2,1-2H3,(H,51,68)(H,52,58)(H,53,59)(H,61,62)(H,63,64)(H,66,67);24*1-2H2. The van der Waals surface area contributed by atoms with Crippen molar-refractivity contribution >= 4 is 65.0 Å². The highest BCUT2D eigenvalue weighted by Crippen LogP contribution is 2.35. The molecule has 1 saturated carbocycles. The summed E-state index contributed by atoms with van der Waals surface area (Å²) in [5, 5.41) is 119. The number of hydrogen-bond donors (Lipinski definition) is 7. The molecular formula is C97H167N5O41. The largest absolute Gasteiger partial charge is 0.481 e. The van der Waals surface area contributed by atoms with Crippen LogP contribution in [0, 0.1) is 29.1 Å². The van der Waals surface area contributed by atoms with E-state index in [1.165, 1.54) is 0 Å². The molecule has 0 aromatic heterocycles. The van der Waals surface area contributed by atoms with Gasteiger partial charge in [-0.2, -0.15) is 0 Å². The number of ether oxygens (including phenoxy) is 1. The third-order valence-corrected chi connectivity index (χ3v) is 13.5. The van der Waals surface area contributed by atoms with Crippen molar-refractivity contribution in [2.45, 2.75) is 121 Å². The van der Waals surface area contributed by atoms with Gasteiger partial charge in [-0.1, -0.05) is 36.8 Å². The molecule has 3 rings (SSSR count). The van der Waals surface area contributed by atoms with Crippen molar-refractivity contribution in [2.24, 2.45) is 34.8 Å². The number of hydrogen-bond acceptors (Lipinski definition) is 39. The molecule has 1 aromatic rings. The summed E-state index contributed by atoms with van der Waals surface area (Å²) in [7, 11) is 2.08. The van der Waals surface area contributed by atoms with Crippen LogP contribution in [0.5, 0.6) is 0 Å². The third-order valence-electron chi connectivity index (χ3n) is 13.5. The Morgan fingerprint density at radius 3 is 1.13 bits per heavy atom. The van der Waals surface area contributed by atoms with Crippen LogP contribution < -0.4 is 21.7 Å². The van der Waals surface area contributed by atoms with Crippen LogP contribution in [0.2, 0.25) is 0 Å². The van der Waals surface area contributed by atoms with Gasteiger partial charge in [0.25, 0.3) is 0 Å². The van der Waals surface area contributed by atoms with Gasteiger partial charge in [0, 0.05) is 75.9 Å². The molecule has 4 unspecified atom stereocenters. The molecule has 1 heterocycles. The number of nitrogens with two attached hydrogens (primary N) is 1. The fraction of sp³-hybridized carbons (Fsp3) is 0.330. The second kappa shape index (κ2) is 181. The van der Waals surface area contributed by atoms with Gasteiger partial charge in [0.2, 0.25) is 23.6 Å². The fourth-order valence-electron chi connectivity index (χ4n) is 9.11. The molecule has 143 heavy (non-hydrogen) atoms. The van der Waals surface area contributed by atoms with Crippen molar-refractivity contribution in [3.63, 3.8) is 0 Å². The molecule has 1 aromatic carbocycles. The predicted octanol–water partition coefficient (Wildman–Crippen LogP) is 19.8. The zero-order valence-corrected chi connectivity index (χ0v) is 84.4. The van der Waals surface area contributed by atoms with Gasteiger partial charge >= 0.3 is 24.0 Å². The second-order valence-electron chi connectivity index (χ2n) is 20.2. The summed E-state index contributed by atoms with van der Waals surface area (Å²) < 4.78 is 5.23. The molecule has 0 radical (unpaired) electrons. The van der Waals surface area contributed by atoms with Crippen LogP contribution >= 0.6 is 0 Å². The lowest BCUT2D eigenvalue weighted by Gasteiger charge is -2.31. The Morgan fingerprint density at radius 2 is 0.783 bits per heavy atom. The van der Waals surface area contributed by atoms with Crippen molar-refractivity contribution in [3.05, 3.63) is 352 Å². The first-order valence-corrected chi connectivity index (χ1v) is 40.1. The van der Waals surface area contributed by atoms with Gasteiger partial charge in [0.15, 0.2) is 0 Å². The Kier molecular flexibility index (Phi) is 234. The number of likely N-dealkylation sites (tertiary alicyclic amines) is 1. The molecule has 46 heteroatoms. The summed E-state index contributed by atoms with van der Waals surface area (Å²) in [6, 6.07) is 6.52. The Hall–Kier alpha value is -13.3. The third kappa shape index (κ3) is 135. The van der Waals surface area contributed by atoms with E-state index >= 15 is 0 Å². The Morgan fingerprint density at radius 1 is 0.420 bits per heavy atom. The summed E-state index contributed by atoms with van der Waals surface area (Å²) in [5.74, 6) is -10.5. The minimum atomic E-state index is -2.00. The van der Waals surface area contributed by atoms with Crippen LogP contribution in [0.25, 0.3) is 0 Å². The average Bonchev–Trinajstić information content (AvgIpc) is 1.66. The minimum absolute atomic E-state index is 0.0125. The molecule has 1 aliphatic carbocycles. The van der Waals surface area contributed by atoms with Crippen LogP contribution in [0.4, 0.5) is 4.79 Å². The Bertz CT molecular complexity index is 2780.